The van der Waals surface area contributed by atoms with Crippen LogP contribution >= 0.6 is 0 Å². The van der Waals surface area contributed by atoms with Gasteiger partial charge in [0.1, 0.15) is 5.69 Å². The van der Waals surface area contributed by atoms with Crippen molar-refractivity contribution in [3.63, 3.8) is 0 Å². The Hall–Kier alpha value is -2.11. The van der Waals surface area contributed by atoms with Gasteiger partial charge in [-0.1, -0.05) is 13.8 Å². The number of imidazole rings is 1. The van der Waals surface area contributed by atoms with Crippen LogP contribution in [0.2, 0.25) is 0 Å². The van der Waals surface area contributed by atoms with Crippen molar-refractivity contribution in [2.24, 2.45) is 5.92 Å². The van der Waals surface area contributed by atoms with Crippen LogP contribution in [-0.2, 0) is 17.8 Å². The van der Waals surface area contributed by atoms with E-state index in [0.717, 1.165) is 49.7 Å². The molecule has 0 spiro atoms. The van der Waals surface area contributed by atoms with Gasteiger partial charge < -0.3 is 9.47 Å². The number of carbonyl (C=O) groups excluding carboxylic acids is 1. The first kappa shape index (κ1) is 14.8. The van der Waals surface area contributed by atoms with Crippen LogP contribution in [-0.4, -0.2) is 43.6 Å². The van der Waals surface area contributed by atoms with E-state index in [1.807, 2.05) is 11.1 Å². The summed E-state index contributed by atoms with van der Waals surface area (Å²) >= 11 is 0. The maximum absolute atomic E-state index is 11.7. The van der Waals surface area contributed by atoms with E-state index in [0.29, 0.717) is 12.3 Å². The molecule has 1 aliphatic rings. The number of carbonyl (C=O) groups is 1. The highest BCUT2D eigenvalue weighted by Gasteiger charge is 2.20. The minimum Gasteiger partial charge on any atom is -0.341 e. The van der Waals surface area contributed by atoms with Crippen molar-refractivity contribution in [3.05, 3.63) is 24.2 Å². The standard InChI is InChI=1S/C16H23N5O/c1-12(2)10-13-11-14(19-18-13)16-17-5-7-21(16)9-8-20-6-3-4-15(20)22/h5,7,11-12H,3-4,6,8-10H2,1-2H3,(H,18,19). The molecule has 22 heavy (non-hydrogen) atoms. The molecule has 0 aliphatic carbocycles. The summed E-state index contributed by atoms with van der Waals surface area (Å²) < 4.78 is 2.07. The Balaban J connectivity index is 1.69. The molecule has 0 radical (unpaired) electrons. The fraction of sp³-hybridized carbons (Fsp3) is 0.562. The van der Waals surface area contributed by atoms with Gasteiger partial charge in [-0.05, 0) is 24.8 Å². The molecule has 1 amide bonds. The van der Waals surface area contributed by atoms with Gasteiger partial charge in [0, 0.05) is 44.1 Å². The molecule has 2 aromatic heterocycles. The van der Waals surface area contributed by atoms with Gasteiger partial charge in [0.05, 0.1) is 0 Å². The van der Waals surface area contributed by atoms with Crippen molar-refractivity contribution >= 4 is 5.91 Å². The molecule has 2 aromatic rings. The first-order chi connectivity index (χ1) is 10.6. The molecule has 1 aliphatic heterocycles. The maximum Gasteiger partial charge on any atom is 0.222 e. The smallest absolute Gasteiger partial charge is 0.222 e. The van der Waals surface area contributed by atoms with Gasteiger partial charge in [-0.15, -0.1) is 0 Å². The van der Waals surface area contributed by atoms with Crippen LogP contribution in [0.1, 0.15) is 32.4 Å². The zero-order valence-electron chi connectivity index (χ0n) is 13.2. The molecule has 0 unspecified atom stereocenters. The molecule has 3 rings (SSSR count). The van der Waals surface area contributed by atoms with E-state index in [4.69, 9.17) is 0 Å². The third-order valence-corrected chi connectivity index (χ3v) is 3.99. The lowest BCUT2D eigenvalue weighted by Crippen LogP contribution is -2.28. The molecule has 6 nitrogen and oxygen atoms in total. The van der Waals surface area contributed by atoms with Crippen LogP contribution in [0.25, 0.3) is 11.5 Å². The molecule has 0 saturated carbocycles. The van der Waals surface area contributed by atoms with Gasteiger partial charge in [0.15, 0.2) is 5.82 Å². The Kier molecular flexibility index (Phi) is 4.27. The summed E-state index contributed by atoms with van der Waals surface area (Å²) in [6.07, 6.45) is 6.39. The van der Waals surface area contributed by atoms with Crippen molar-refractivity contribution < 1.29 is 4.79 Å². The molecule has 118 valence electrons. The van der Waals surface area contributed by atoms with Crippen molar-refractivity contribution in [3.8, 4) is 11.5 Å². The summed E-state index contributed by atoms with van der Waals surface area (Å²) in [6, 6.07) is 2.07. The Morgan fingerprint density at radius 2 is 2.23 bits per heavy atom. The zero-order valence-corrected chi connectivity index (χ0v) is 13.2. The van der Waals surface area contributed by atoms with E-state index >= 15 is 0 Å². The molecule has 3 heterocycles. The van der Waals surface area contributed by atoms with Gasteiger partial charge in [-0.2, -0.15) is 5.10 Å². The molecule has 0 aromatic carbocycles. The summed E-state index contributed by atoms with van der Waals surface area (Å²) in [4.78, 5) is 18.0. The Bertz CT molecular complexity index is 643. The Morgan fingerprint density at radius 1 is 1.36 bits per heavy atom. The van der Waals surface area contributed by atoms with E-state index in [-0.39, 0.29) is 5.91 Å². The predicted octanol–water partition coefficient (Wildman–Crippen LogP) is 2.09. The second kappa shape index (κ2) is 6.34. The first-order valence-electron chi connectivity index (χ1n) is 7.97. The fourth-order valence-corrected chi connectivity index (χ4v) is 2.91. The highest BCUT2D eigenvalue weighted by atomic mass is 16.2. The topological polar surface area (TPSA) is 66.8 Å². The number of amides is 1. The summed E-state index contributed by atoms with van der Waals surface area (Å²) in [6.45, 7) is 6.76. The maximum atomic E-state index is 11.7. The van der Waals surface area contributed by atoms with Crippen LogP contribution < -0.4 is 0 Å². The second-order valence-corrected chi connectivity index (χ2v) is 6.30. The zero-order chi connectivity index (χ0) is 15.5. The lowest BCUT2D eigenvalue weighted by atomic mass is 10.1. The second-order valence-electron chi connectivity index (χ2n) is 6.30. The molecular formula is C16H23N5O. The van der Waals surface area contributed by atoms with Gasteiger partial charge in [-0.25, -0.2) is 4.98 Å². The number of aromatic amines is 1. The molecule has 0 bridgehead atoms. The summed E-state index contributed by atoms with van der Waals surface area (Å²) in [5.74, 6) is 1.72. The lowest BCUT2D eigenvalue weighted by molar-refractivity contribution is -0.127. The van der Waals surface area contributed by atoms with E-state index < -0.39 is 0 Å². The van der Waals surface area contributed by atoms with E-state index in [1.165, 1.54) is 0 Å². The highest BCUT2D eigenvalue weighted by Crippen LogP contribution is 2.18. The molecule has 1 saturated heterocycles. The summed E-state index contributed by atoms with van der Waals surface area (Å²) in [7, 11) is 0. The van der Waals surface area contributed by atoms with E-state index in [2.05, 4.69) is 39.7 Å². The third kappa shape index (κ3) is 3.21. The van der Waals surface area contributed by atoms with Crippen molar-refractivity contribution in [2.75, 3.05) is 13.1 Å². The molecule has 0 atom stereocenters. The van der Waals surface area contributed by atoms with Crippen LogP contribution in [0.4, 0.5) is 0 Å². The predicted molar refractivity (Wildman–Crippen MR) is 84.2 cm³/mol. The number of rotatable bonds is 6. The van der Waals surface area contributed by atoms with E-state index in [9.17, 15) is 4.79 Å². The van der Waals surface area contributed by atoms with Crippen LogP contribution in [0.3, 0.4) is 0 Å². The SMILES string of the molecule is CC(C)Cc1cc(-c2nccn2CCN2CCCC2=O)n[nH]1. The number of likely N-dealkylation sites (tertiary alicyclic amines) is 1. The Morgan fingerprint density at radius 3 is 2.95 bits per heavy atom. The fourth-order valence-electron chi connectivity index (χ4n) is 2.91. The number of hydrogen-bond donors (Lipinski definition) is 1. The van der Waals surface area contributed by atoms with E-state index in [1.54, 1.807) is 6.20 Å². The normalized spacial score (nSPS) is 15.2. The number of nitrogens with one attached hydrogen (secondary N) is 1. The molecule has 6 heteroatoms. The third-order valence-electron chi connectivity index (χ3n) is 3.99. The van der Waals surface area contributed by atoms with Gasteiger partial charge >= 0.3 is 0 Å². The highest BCUT2D eigenvalue weighted by molar-refractivity contribution is 5.78. The minimum atomic E-state index is 0.264. The number of H-pyrrole nitrogens is 1. The average molecular weight is 301 g/mol. The average Bonchev–Trinajstić information content (AvgIpc) is 3.16. The Labute approximate surface area is 130 Å². The van der Waals surface area contributed by atoms with Crippen LogP contribution in [0.5, 0.6) is 0 Å². The molecular weight excluding hydrogens is 278 g/mol. The van der Waals surface area contributed by atoms with Gasteiger partial charge in [0.25, 0.3) is 0 Å². The largest absolute Gasteiger partial charge is 0.341 e. The van der Waals surface area contributed by atoms with Gasteiger partial charge in [-0.3, -0.25) is 9.89 Å². The minimum absolute atomic E-state index is 0.264. The monoisotopic (exact) mass is 301 g/mol. The van der Waals surface area contributed by atoms with Crippen LogP contribution in [0.15, 0.2) is 18.5 Å². The molecule has 1 N–H and O–H groups in total. The van der Waals surface area contributed by atoms with Crippen molar-refractivity contribution in [1.82, 2.24) is 24.6 Å². The lowest BCUT2D eigenvalue weighted by Gasteiger charge is -2.16. The quantitative estimate of drug-likeness (QED) is 0.888. The van der Waals surface area contributed by atoms with Gasteiger partial charge in [0.2, 0.25) is 5.91 Å². The summed E-state index contributed by atoms with van der Waals surface area (Å²) in [5, 5.41) is 7.47. The number of nitrogens with zero attached hydrogens (tertiary/aromatic N) is 4. The van der Waals surface area contributed by atoms with Crippen molar-refractivity contribution in [1.29, 1.82) is 0 Å². The van der Waals surface area contributed by atoms with Crippen LogP contribution in [0, 0.1) is 5.92 Å². The van der Waals surface area contributed by atoms with Crippen molar-refractivity contribution in [2.45, 2.75) is 39.7 Å². The molecule has 1 fully saturated rings. The number of aromatic nitrogens is 4. The first-order valence-corrected chi connectivity index (χ1v) is 7.97. The number of hydrogen-bond acceptors (Lipinski definition) is 3. The summed E-state index contributed by atoms with van der Waals surface area (Å²) in [5.41, 5.74) is 2.00.